The van der Waals surface area contributed by atoms with Crippen LogP contribution in [0.3, 0.4) is 0 Å². The minimum atomic E-state index is 0.158. The first kappa shape index (κ1) is 15.4. The fraction of sp³-hybridized carbons (Fsp3) is 0.368. The van der Waals surface area contributed by atoms with Gasteiger partial charge in [-0.25, -0.2) is 0 Å². The Morgan fingerprint density at radius 1 is 1.00 bits per heavy atom. The molecule has 2 nitrogen and oxygen atoms in total. The van der Waals surface area contributed by atoms with E-state index in [4.69, 9.17) is 0 Å². The SMILES string of the molecule is CCCc1cc(O)c(-c2cc(C)ccc2C(C)C)c(O)c1. The van der Waals surface area contributed by atoms with E-state index in [2.05, 4.69) is 32.9 Å². The summed E-state index contributed by atoms with van der Waals surface area (Å²) in [6, 6.07) is 9.71. The number of aromatic hydroxyl groups is 2. The van der Waals surface area contributed by atoms with Crippen LogP contribution in [0.15, 0.2) is 30.3 Å². The zero-order valence-corrected chi connectivity index (χ0v) is 13.3. The molecule has 0 aliphatic rings. The Labute approximate surface area is 127 Å². The molecule has 0 saturated heterocycles. The average molecular weight is 284 g/mol. The van der Waals surface area contributed by atoms with Crippen LogP contribution in [0, 0.1) is 6.92 Å². The van der Waals surface area contributed by atoms with Gasteiger partial charge in [0.1, 0.15) is 11.5 Å². The third-order valence-corrected chi connectivity index (χ3v) is 3.80. The molecule has 0 unspecified atom stereocenters. The maximum absolute atomic E-state index is 10.4. The van der Waals surface area contributed by atoms with Crippen molar-refractivity contribution < 1.29 is 10.2 Å². The first-order valence-corrected chi connectivity index (χ1v) is 7.59. The van der Waals surface area contributed by atoms with Crippen LogP contribution in [0.5, 0.6) is 11.5 Å². The van der Waals surface area contributed by atoms with E-state index in [0.29, 0.717) is 11.5 Å². The van der Waals surface area contributed by atoms with Crippen molar-refractivity contribution >= 4 is 0 Å². The molecule has 0 atom stereocenters. The molecule has 2 N–H and O–H groups in total. The molecule has 21 heavy (non-hydrogen) atoms. The van der Waals surface area contributed by atoms with Crippen LogP contribution in [0.4, 0.5) is 0 Å². The number of benzene rings is 2. The highest BCUT2D eigenvalue weighted by atomic mass is 16.3. The molecule has 0 aliphatic carbocycles. The highest BCUT2D eigenvalue weighted by molar-refractivity contribution is 5.80. The minimum absolute atomic E-state index is 0.158. The summed E-state index contributed by atoms with van der Waals surface area (Å²) in [6.45, 7) is 8.34. The Hall–Kier alpha value is -1.96. The molecule has 0 bridgehead atoms. The molecule has 0 heterocycles. The number of rotatable bonds is 4. The first-order chi connectivity index (χ1) is 9.93. The van der Waals surface area contributed by atoms with Gasteiger partial charge in [0.05, 0.1) is 5.56 Å². The molecule has 2 heteroatoms. The zero-order valence-electron chi connectivity index (χ0n) is 13.3. The molecule has 0 aliphatic heterocycles. The third-order valence-electron chi connectivity index (χ3n) is 3.80. The second kappa shape index (κ2) is 6.21. The fourth-order valence-electron chi connectivity index (χ4n) is 2.77. The number of hydrogen-bond donors (Lipinski definition) is 2. The maximum Gasteiger partial charge on any atom is 0.127 e. The predicted octanol–water partition coefficient (Wildman–Crippen LogP) is 5.15. The summed E-state index contributed by atoms with van der Waals surface area (Å²) in [5.74, 6) is 0.645. The highest BCUT2D eigenvalue weighted by Crippen LogP contribution is 2.42. The van der Waals surface area contributed by atoms with Gasteiger partial charge in [-0.15, -0.1) is 0 Å². The standard InChI is InChI=1S/C19H24O2/c1-5-6-14-10-17(20)19(18(21)11-14)16-9-13(4)7-8-15(16)12(2)3/h7-12,20-21H,5-6H2,1-4H3. The van der Waals surface area contributed by atoms with Crippen LogP contribution < -0.4 is 0 Å². The van der Waals surface area contributed by atoms with Crippen molar-refractivity contribution in [3.8, 4) is 22.6 Å². The monoisotopic (exact) mass is 284 g/mol. The zero-order chi connectivity index (χ0) is 15.6. The summed E-state index contributed by atoms with van der Waals surface area (Å²) >= 11 is 0. The van der Waals surface area contributed by atoms with E-state index in [1.165, 1.54) is 0 Å². The van der Waals surface area contributed by atoms with Crippen LogP contribution in [0.25, 0.3) is 11.1 Å². The summed E-state index contributed by atoms with van der Waals surface area (Å²) in [5, 5.41) is 20.8. The number of hydrogen-bond acceptors (Lipinski definition) is 2. The molecule has 0 fully saturated rings. The summed E-state index contributed by atoms with van der Waals surface area (Å²) in [5.41, 5.74) is 4.68. The van der Waals surface area contributed by atoms with Gasteiger partial charge in [-0.05, 0) is 48.1 Å². The van der Waals surface area contributed by atoms with Crippen LogP contribution in [-0.2, 0) is 6.42 Å². The topological polar surface area (TPSA) is 40.5 Å². The lowest BCUT2D eigenvalue weighted by Crippen LogP contribution is -1.95. The Morgan fingerprint density at radius 2 is 1.62 bits per heavy atom. The molecule has 2 rings (SSSR count). The van der Waals surface area contributed by atoms with Gasteiger partial charge in [-0.2, -0.15) is 0 Å². The molecule has 0 radical (unpaired) electrons. The molecule has 2 aromatic carbocycles. The summed E-state index contributed by atoms with van der Waals surface area (Å²) in [7, 11) is 0. The van der Waals surface area contributed by atoms with Crippen molar-refractivity contribution in [1.82, 2.24) is 0 Å². The fourth-order valence-corrected chi connectivity index (χ4v) is 2.77. The van der Waals surface area contributed by atoms with E-state index in [1.54, 1.807) is 12.1 Å². The average Bonchev–Trinajstić information content (AvgIpc) is 2.38. The quantitative estimate of drug-likeness (QED) is 0.815. The summed E-state index contributed by atoms with van der Waals surface area (Å²) in [4.78, 5) is 0. The third kappa shape index (κ3) is 3.21. The minimum Gasteiger partial charge on any atom is -0.507 e. The smallest absolute Gasteiger partial charge is 0.127 e. The van der Waals surface area contributed by atoms with E-state index >= 15 is 0 Å². The van der Waals surface area contributed by atoms with E-state index in [0.717, 1.165) is 35.1 Å². The lowest BCUT2D eigenvalue weighted by molar-refractivity contribution is 0.452. The lowest BCUT2D eigenvalue weighted by atomic mass is 9.89. The predicted molar refractivity (Wildman–Crippen MR) is 88.0 cm³/mol. The molecule has 0 spiro atoms. The second-order valence-electron chi connectivity index (χ2n) is 6.00. The van der Waals surface area contributed by atoms with Crippen molar-refractivity contribution in [2.45, 2.75) is 46.5 Å². The van der Waals surface area contributed by atoms with Crippen molar-refractivity contribution in [2.24, 2.45) is 0 Å². The van der Waals surface area contributed by atoms with Gasteiger partial charge in [-0.3, -0.25) is 0 Å². The van der Waals surface area contributed by atoms with E-state index in [1.807, 2.05) is 13.0 Å². The normalized spacial score (nSPS) is 11.1. The van der Waals surface area contributed by atoms with Gasteiger partial charge in [0.25, 0.3) is 0 Å². The van der Waals surface area contributed by atoms with Gasteiger partial charge in [0, 0.05) is 0 Å². The largest absolute Gasteiger partial charge is 0.507 e. The summed E-state index contributed by atoms with van der Waals surface area (Å²) in [6.07, 6.45) is 1.84. The van der Waals surface area contributed by atoms with E-state index in [9.17, 15) is 10.2 Å². The summed E-state index contributed by atoms with van der Waals surface area (Å²) < 4.78 is 0. The number of phenolic OH excluding ortho intramolecular Hbond substituents is 2. The Bertz CT molecular complexity index is 619. The van der Waals surface area contributed by atoms with E-state index < -0.39 is 0 Å². The molecular weight excluding hydrogens is 260 g/mol. The second-order valence-corrected chi connectivity index (χ2v) is 6.00. The van der Waals surface area contributed by atoms with Gasteiger partial charge in [0.15, 0.2) is 0 Å². The highest BCUT2D eigenvalue weighted by Gasteiger charge is 2.17. The first-order valence-electron chi connectivity index (χ1n) is 7.59. The Kier molecular flexibility index (Phi) is 4.56. The van der Waals surface area contributed by atoms with Crippen molar-refractivity contribution in [2.75, 3.05) is 0 Å². The number of aryl methyl sites for hydroxylation is 2. The van der Waals surface area contributed by atoms with E-state index in [-0.39, 0.29) is 11.5 Å². The molecule has 0 saturated carbocycles. The van der Waals surface area contributed by atoms with Crippen molar-refractivity contribution in [3.05, 3.63) is 47.0 Å². The van der Waals surface area contributed by atoms with Gasteiger partial charge < -0.3 is 10.2 Å². The van der Waals surface area contributed by atoms with Crippen molar-refractivity contribution in [3.63, 3.8) is 0 Å². The van der Waals surface area contributed by atoms with Crippen LogP contribution >= 0.6 is 0 Å². The van der Waals surface area contributed by atoms with Gasteiger partial charge >= 0.3 is 0 Å². The molecular formula is C19H24O2. The maximum atomic E-state index is 10.4. The van der Waals surface area contributed by atoms with Crippen molar-refractivity contribution in [1.29, 1.82) is 0 Å². The number of phenols is 2. The molecule has 2 aromatic rings. The van der Waals surface area contributed by atoms with Gasteiger partial charge in [-0.1, -0.05) is 51.0 Å². The van der Waals surface area contributed by atoms with Crippen LogP contribution in [0.1, 0.15) is 49.8 Å². The Morgan fingerprint density at radius 3 is 2.14 bits per heavy atom. The van der Waals surface area contributed by atoms with Gasteiger partial charge in [0.2, 0.25) is 0 Å². The van der Waals surface area contributed by atoms with Crippen LogP contribution in [0.2, 0.25) is 0 Å². The lowest BCUT2D eigenvalue weighted by Gasteiger charge is -2.17. The Balaban J connectivity index is 2.64. The molecule has 112 valence electrons. The molecule has 0 amide bonds. The van der Waals surface area contributed by atoms with Crippen LogP contribution in [-0.4, -0.2) is 10.2 Å². The molecule has 0 aromatic heterocycles.